The summed E-state index contributed by atoms with van der Waals surface area (Å²) in [6.07, 6.45) is 0. The Hall–Kier alpha value is -1.53. The molecule has 0 fully saturated rings. The second-order valence-electron chi connectivity index (χ2n) is 3.81. The molecule has 3 heteroatoms. The van der Waals surface area contributed by atoms with Gasteiger partial charge in [0.25, 0.3) is 0 Å². The van der Waals surface area contributed by atoms with Crippen molar-refractivity contribution in [1.82, 2.24) is 0 Å². The number of hydrogen-bond donors (Lipinski definition) is 0. The van der Waals surface area contributed by atoms with Crippen molar-refractivity contribution in [1.29, 1.82) is 0 Å². The second-order valence-corrected chi connectivity index (χ2v) is 4.76. The molecule has 0 spiro atoms. The molecule has 1 atom stereocenters. The fourth-order valence-corrected chi connectivity index (χ4v) is 2.91. The number of fused-ring (bicyclic) bond motifs is 3. The molecule has 0 saturated carbocycles. The molecular formula is C14H13O2P. The van der Waals surface area contributed by atoms with Crippen molar-refractivity contribution in [3.05, 3.63) is 42.5 Å². The number of hydrogen-bond acceptors (Lipinski definition) is 2. The predicted molar refractivity (Wildman–Crippen MR) is 71.6 cm³/mol. The summed E-state index contributed by atoms with van der Waals surface area (Å²) < 4.78 is 11.5. The van der Waals surface area contributed by atoms with Crippen LogP contribution in [0.25, 0.3) is 11.1 Å². The van der Waals surface area contributed by atoms with E-state index < -0.39 is 0 Å². The Balaban J connectivity index is 2.22. The Morgan fingerprint density at radius 1 is 1.12 bits per heavy atom. The van der Waals surface area contributed by atoms with Gasteiger partial charge in [0, 0.05) is 5.30 Å². The number of benzene rings is 2. The van der Waals surface area contributed by atoms with Gasteiger partial charge in [-0.1, -0.05) is 30.3 Å². The molecule has 2 aromatic carbocycles. The number of rotatable bonds is 2. The summed E-state index contributed by atoms with van der Waals surface area (Å²) in [7, 11) is 0.383. The standard InChI is InChI=1S/C14H13O2P/c1-2-15-11-7-5-8-12-14(11)10-6-3-4-9-13(10)17-16-12/h3-9,17H,2H2,1H3. The van der Waals surface area contributed by atoms with E-state index in [2.05, 4.69) is 18.2 Å². The first-order chi connectivity index (χ1) is 8.40. The zero-order valence-corrected chi connectivity index (χ0v) is 10.6. The van der Waals surface area contributed by atoms with E-state index in [9.17, 15) is 0 Å². The van der Waals surface area contributed by atoms with Gasteiger partial charge in [-0.15, -0.1) is 0 Å². The quantitative estimate of drug-likeness (QED) is 0.754. The molecule has 0 aliphatic carbocycles. The van der Waals surface area contributed by atoms with Gasteiger partial charge in [0.15, 0.2) is 0 Å². The maximum atomic E-state index is 5.78. The molecule has 2 aromatic rings. The minimum Gasteiger partial charge on any atom is -0.493 e. The Kier molecular flexibility index (Phi) is 2.74. The summed E-state index contributed by atoms with van der Waals surface area (Å²) in [5.41, 5.74) is 2.32. The largest absolute Gasteiger partial charge is 0.493 e. The lowest BCUT2D eigenvalue weighted by atomic mass is 10.0. The van der Waals surface area contributed by atoms with Crippen molar-refractivity contribution in [2.75, 3.05) is 6.61 Å². The third kappa shape index (κ3) is 1.79. The van der Waals surface area contributed by atoms with E-state index in [1.807, 2.05) is 31.2 Å². The van der Waals surface area contributed by atoms with Crippen molar-refractivity contribution in [2.24, 2.45) is 0 Å². The topological polar surface area (TPSA) is 18.5 Å². The maximum absolute atomic E-state index is 5.78. The van der Waals surface area contributed by atoms with Crippen LogP contribution in [-0.2, 0) is 0 Å². The van der Waals surface area contributed by atoms with Gasteiger partial charge in [-0.25, -0.2) is 0 Å². The summed E-state index contributed by atoms with van der Waals surface area (Å²) >= 11 is 0. The average Bonchev–Trinajstić information content (AvgIpc) is 2.39. The zero-order valence-electron chi connectivity index (χ0n) is 9.57. The number of ether oxygens (including phenoxy) is 1. The third-order valence-electron chi connectivity index (χ3n) is 2.76. The molecular weight excluding hydrogens is 231 g/mol. The minimum atomic E-state index is 0.383. The Bertz CT molecular complexity index is 552. The smallest absolute Gasteiger partial charge is 0.134 e. The third-order valence-corrected chi connectivity index (χ3v) is 3.73. The first-order valence-corrected chi connectivity index (χ1v) is 6.59. The summed E-state index contributed by atoms with van der Waals surface area (Å²) in [4.78, 5) is 0. The van der Waals surface area contributed by atoms with Crippen LogP contribution in [0, 0.1) is 0 Å². The van der Waals surface area contributed by atoms with Crippen LogP contribution in [0.15, 0.2) is 42.5 Å². The SMILES string of the molecule is CCOc1cccc2c1-c1ccccc1PO2. The fourth-order valence-electron chi connectivity index (χ4n) is 2.04. The van der Waals surface area contributed by atoms with Crippen LogP contribution in [0.4, 0.5) is 0 Å². The van der Waals surface area contributed by atoms with Gasteiger partial charge in [0.2, 0.25) is 0 Å². The van der Waals surface area contributed by atoms with Gasteiger partial charge >= 0.3 is 0 Å². The van der Waals surface area contributed by atoms with Crippen molar-refractivity contribution in [2.45, 2.75) is 6.92 Å². The van der Waals surface area contributed by atoms with E-state index in [-0.39, 0.29) is 0 Å². The van der Waals surface area contributed by atoms with Crippen LogP contribution in [-0.4, -0.2) is 6.61 Å². The van der Waals surface area contributed by atoms with E-state index in [0.29, 0.717) is 15.4 Å². The van der Waals surface area contributed by atoms with Gasteiger partial charge in [0.05, 0.1) is 12.2 Å². The Morgan fingerprint density at radius 3 is 2.88 bits per heavy atom. The van der Waals surface area contributed by atoms with Crippen LogP contribution in [0.5, 0.6) is 11.5 Å². The van der Waals surface area contributed by atoms with E-state index >= 15 is 0 Å². The van der Waals surface area contributed by atoms with Gasteiger partial charge < -0.3 is 9.26 Å². The lowest BCUT2D eigenvalue weighted by molar-refractivity contribution is 0.340. The summed E-state index contributed by atoms with van der Waals surface area (Å²) in [5, 5.41) is 1.24. The van der Waals surface area contributed by atoms with Crippen LogP contribution >= 0.6 is 8.81 Å². The highest BCUT2D eigenvalue weighted by molar-refractivity contribution is 7.43. The first-order valence-electron chi connectivity index (χ1n) is 5.68. The van der Waals surface area contributed by atoms with Crippen molar-refractivity contribution in [3.8, 4) is 22.6 Å². The molecule has 0 saturated heterocycles. The van der Waals surface area contributed by atoms with E-state index in [0.717, 1.165) is 17.1 Å². The van der Waals surface area contributed by atoms with E-state index in [4.69, 9.17) is 9.26 Å². The normalized spacial score (nSPS) is 13.7. The van der Waals surface area contributed by atoms with Crippen LogP contribution < -0.4 is 14.6 Å². The Labute approximate surface area is 102 Å². The highest BCUT2D eigenvalue weighted by atomic mass is 31.1. The zero-order chi connectivity index (χ0) is 11.7. The molecule has 0 N–H and O–H groups in total. The van der Waals surface area contributed by atoms with Gasteiger partial charge in [0.1, 0.15) is 20.3 Å². The molecule has 17 heavy (non-hydrogen) atoms. The van der Waals surface area contributed by atoms with Crippen LogP contribution in [0.1, 0.15) is 6.92 Å². The molecule has 1 aliphatic heterocycles. The first kappa shape index (κ1) is 10.6. The van der Waals surface area contributed by atoms with Crippen molar-refractivity contribution in [3.63, 3.8) is 0 Å². The molecule has 1 unspecified atom stereocenters. The monoisotopic (exact) mass is 244 g/mol. The maximum Gasteiger partial charge on any atom is 0.134 e. The molecule has 86 valence electrons. The molecule has 1 aliphatic rings. The van der Waals surface area contributed by atoms with Gasteiger partial charge in [-0.2, -0.15) is 0 Å². The second kappa shape index (κ2) is 4.38. The molecule has 1 heterocycles. The Morgan fingerprint density at radius 2 is 2.00 bits per heavy atom. The van der Waals surface area contributed by atoms with Crippen LogP contribution in [0.3, 0.4) is 0 Å². The predicted octanol–water partition coefficient (Wildman–Crippen LogP) is 3.36. The summed E-state index contributed by atoms with van der Waals surface area (Å²) in [6, 6.07) is 14.3. The average molecular weight is 244 g/mol. The highest BCUT2D eigenvalue weighted by Crippen LogP contribution is 2.44. The summed E-state index contributed by atoms with van der Waals surface area (Å²) in [5.74, 6) is 1.83. The fraction of sp³-hybridized carbons (Fsp3) is 0.143. The lowest BCUT2D eigenvalue weighted by Gasteiger charge is -2.22. The highest BCUT2D eigenvalue weighted by Gasteiger charge is 2.20. The van der Waals surface area contributed by atoms with Gasteiger partial charge in [-0.3, -0.25) is 0 Å². The minimum absolute atomic E-state index is 0.383. The van der Waals surface area contributed by atoms with E-state index in [1.165, 1.54) is 10.9 Å². The lowest BCUT2D eigenvalue weighted by Crippen LogP contribution is -2.09. The van der Waals surface area contributed by atoms with Crippen LogP contribution in [0.2, 0.25) is 0 Å². The van der Waals surface area contributed by atoms with E-state index in [1.54, 1.807) is 0 Å². The molecule has 0 amide bonds. The van der Waals surface area contributed by atoms with Gasteiger partial charge in [-0.05, 0) is 24.6 Å². The molecule has 0 bridgehead atoms. The summed E-state index contributed by atoms with van der Waals surface area (Å²) in [6.45, 7) is 2.66. The van der Waals surface area contributed by atoms with Crippen molar-refractivity contribution >= 4 is 14.1 Å². The molecule has 0 aromatic heterocycles. The van der Waals surface area contributed by atoms with Crippen molar-refractivity contribution < 1.29 is 9.26 Å². The molecule has 3 rings (SSSR count). The molecule has 2 nitrogen and oxygen atoms in total. The molecule has 0 radical (unpaired) electrons.